The standard InChI is InChI=1S/C29H27FN6/c1-5-7-23(19-8-6-9-21(30)10-19)24-12-27(34-18(24)4)29-25-13-26(32-16-28(25)35-36-29)20-11-22(15-31-14-20)33-17(2)3/h5-17,33-34H,1H2,2-4H3,(H,35,36)/b23-7-. The number of nitrogens with zero attached hydrogens (tertiary/aromatic N) is 3. The second kappa shape index (κ2) is 9.62. The van der Waals surface area contributed by atoms with Gasteiger partial charge in [-0.15, -0.1) is 0 Å². The summed E-state index contributed by atoms with van der Waals surface area (Å²) in [5.74, 6) is -0.281. The minimum atomic E-state index is -0.281. The molecule has 0 radical (unpaired) electrons. The van der Waals surface area contributed by atoms with Crippen molar-refractivity contribution >= 4 is 22.2 Å². The van der Waals surface area contributed by atoms with Crippen LogP contribution in [-0.2, 0) is 0 Å². The van der Waals surface area contributed by atoms with E-state index in [9.17, 15) is 4.39 Å². The molecule has 0 aliphatic heterocycles. The maximum Gasteiger partial charge on any atom is 0.123 e. The maximum atomic E-state index is 14.0. The van der Waals surface area contributed by atoms with Gasteiger partial charge in [-0.1, -0.05) is 30.9 Å². The number of nitrogens with one attached hydrogen (secondary N) is 3. The van der Waals surface area contributed by atoms with Crippen LogP contribution in [0.4, 0.5) is 10.1 Å². The van der Waals surface area contributed by atoms with Gasteiger partial charge in [0.15, 0.2) is 0 Å². The fourth-order valence-corrected chi connectivity index (χ4v) is 4.35. The highest BCUT2D eigenvalue weighted by Gasteiger charge is 2.17. The number of anilines is 1. The molecule has 4 aromatic heterocycles. The Kier molecular flexibility index (Phi) is 6.21. The maximum absolute atomic E-state index is 14.0. The second-order valence-electron chi connectivity index (χ2n) is 9.00. The number of aromatic nitrogens is 5. The van der Waals surface area contributed by atoms with E-state index in [1.54, 1.807) is 18.3 Å². The number of benzene rings is 1. The highest BCUT2D eigenvalue weighted by Crippen LogP contribution is 2.34. The van der Waals surface area contributed by atoms with Gasteiger partial charge in [-0.05, 0) is 62.2 Å². The van der Waals surface area contributed by atoms with Crippen molar-refractivity contribution in [3.8, 4) is 22.6 Å². The summed E-state index contributed by atoms with van der Waals surface area (Å²) in [4.78, 5) is 12.5. The van der Waals surface area contributed by atoms with Crippen LogP contribution in [0.15, 0.2) is 79.8 Å². The minimum absolute atomic E-state index is 0.281. The molecule has 0 saturated heterocycles. The number of pyridine rings is 2. The number of aromatic amines is 2. The number of fused-ring (bicyclic) bond motifs is 1. The van der Waals surface area contributed by atoms with Gasteiger partial charge < -0.3 is 10.3 Å². The molecule has 5 rings (SSSR count). The van der Waals surface area contributed by atoms with Gasteiger partial charge in [0.05, 0.1) is 28.8 Å². The van der Waals surface area contributed by atoms with E-state index >= 15 is 0 Å². The lowest BCUT2D eigenvalue weighted by atomic mass is 9.97. The molecule has 4 heterocycles. The normalized spacial score (nSPS) is 11.9. The number of allylic oxidation sites excluding steroid dienone is 2. The van der Waals surface area contributed by atoms with E-state index in [2.05, 4.69) is 50.9 Å². The van der Waals surface area contributed by atoms with E-state index in [-0.39, 0.29) is 5.82 Å². The summed E-state index contributed by atoms with van der Waals surface area (Å²) >= 11 is 0. The first-order valence-corrected chi connectivity index (χ1v) is 11.8. The third kappa shape index (κ3) is 4.55. The van der Waals surface area contributed by atoms with Crippen LogP contribution in [0.2, 0.25) is 0 Å². The second-order valence-corrected chi connectivity index (χ2v) is 9.00. The molecule has 36 heavy (non-hydrogen) atoms. The first-order valence-electron chi connectivity index (χ1n) is 11.8. The third-order valence-corrected chi connectivity index (χ3v) is 5.92. The number of aryl methyl sites for hydroxylation is 1. The molecule has 0 unspecified atom stereocenters. The average molecular weight is 479 g/mol. The lowest BCUT2D eigenvalue weighted by Crippen LogP contribution is -2.09. The highest BCUT2D eigenvalue weighted by atomic mass is 19.1. The lowest BCUT2D eigenvalue weighted by Gasteiger charge is -2.10. The Labute approximate surface area is 209 Å². The summed E-state index contributed by atoms with van der Waals surface area (Å²) in [6.07, 6.45) is 9.01. The van der Waals surface area contributed by atoms with Gasteiger partial charge in [0.2, 0.25) is 0 Å². The number of H-pyrrole nitrogens is 2. The quantitative estimate of drug-likeness (QED) is 0.222. The van der Waals surface area contributed by atoms with E-state index in [4.69, 9.17) is 0 Å². The van der Waals surface area contributed by atoms with Crippen molar-refractivity contribution in [1.29, 1.82) is 0 Å². The van der Waals surface area contributed by atoms with E-state index in [0.717, 1.165) is 61.6 Å². The zero-order valence-electron chi connectivity index (χ0n) is 20.4. The van der Waals surface area contributed by atoms with Crippen molar-refractivity contribution in [2.45, 2.75) is 26.8 Å². The lowest BCUT2D eigenvalue weighted by molar-refractivity contribution is 0.627. The average Bonchev–Trinajstić information content (AvgIpc) is 3.45. The number of hydrogen-bond donors (Lipinski definition) is 3. The van der Waals surface area contributed by atoms with Crippen molar-refractivity contribution in [2.24, 2.45) is 0 Å². The van der Waals surface area contributed by atoms with Gasteiger partial charge in [-0.25, -0.2) is 4.39 Å². The summed E-state index contributed by atoms with van der Waals surface area (Å²) in [5.41, 5.74) is 8.70. The van der Waals surface area contributed by atoms with Crippen LogP contribution in [0.3, 0.4) is 0 Å². The molecule has 0 amide bonds. The van der Waals surface area contributed by atoms with E-state index in [1.165, 1.54) is 12.1 Å². The van der Waals surface area contributed by atoms with Gasteiger partial charge in [-0.2, -0.15) is 5.10 Å². The van der Waals surface area contributed by atoms with Gasteiger partial charge >= 0.3 is 0 Å². The minimum Gasteiger partial charge on any atom is -0.382 e. The summed E-state index contributed by atoms with van der Waals surface area (Å²) in [6, 6.07) is 13.0. The van der Waals surface area contributed by atoms with Gasteiger partial charge in [0.25, 0.3) is 0 Å². The SMILES string of the molecule is C=C/C=C(/c1cccc(F)c1)c1cc(-c2n[nH]c3cnc(-c4cncc(NC(C)C)c4)cc23)[nH]c1C. The molecule has 0 saturated carbocycles. The predicted octanol–water partition coefficient (Wildman–Crippen LogP) is 6.90. The van der Waals surface area contributed by atoms with Gasteiger partial charge in [-0.3, -0.25) is 15.1 Å². The van der Waals surface area contributed by atoms with Crippen molar-refractivity contribution in [3.05, 3.63) is 102 Å². The van der Waals surface area contributed by atoms with Crippen LogP contribution < -0.4 is 5.32 Å². The van der Waals surface area contributed by atoms with Crippen LogP contribution in [0.25, 0.3) is 39.1 Å². The van der Waals surface area contributed by atoms with Crippen LogP contribution in [0.1, 0.15) is 30.7 Å². The van der Waals surface area contributed by atoms with Crippen molar-refractivity contribution in [2.75, 3.05) is 5.32 Å². The van der Waals surface area contributed by atoms with Gasteiger partial charge in [0, 0.05) is 40.6 Å². The van der Waals surface area contributed by atoms with Crippen molar-refractivity contribution in [3.63, 3.8) is 0 Å². The molecule has 3 N–H and O–H groups in total. The summed E-state index contributed by atoms with van der Waals surface area (Å²) in [6.45, 7) is 10.0. The van der Waals surface area contributed by atoms with Crippen LogP contribution in [0, 0.1) is 12.7 Å². The molecule has 0 spiro atoms. The van der Waals surface area contributed by atoms with Crippen LogP contribution >= 0.6 is 0 Å². The smallest absolute Gasteiger partial charge is 0.123 e. The molecule has 0 atom stereocenters. The van der Waals surface area contributed by atoms with E-state index < -0.39 is 0 Å². The Bertz CT molecular complexity index is 1590. The molecular weight excluding hydrogens is 451 g/mol. The first-order chi connectivity index (χ1) is 17.4. The van der Waals surface area contributed by atoms with Crippen LogP contribution in [0.5, 0.6) is 0 Å². The topological polar surface area (TPSA) is 82.3 Å². The Morgan fingerprint density at radius 1 is 1.11 bits per heavy atom. The molecular formula is C29H27FN6. The molecule has 6 nitrogen and oxygen atoms in total. The zero-order chi connectivity index (χ0) is 25.2. The highest BCUT2D eigenvalue weighted by molar-refractivity contribution is 5.95. The first kappa shape index (κ1) is 23.2. The summed E-state index contributed by atoms with van der Waals surface area (Å²) in [5, 5.41) is 12.0. The number of hydrogen-bond acceptors (Lipinski definition) is 4. The van der Waals surface area contributed by atoms with Crippen LogP contribution in [-0.4, -0.2) is 31.2 Å². The van der Waals surface area contributed by atoms with Crippen molar-refractivity contribution < 1.29 is 4.39 Å². The predicted molar refractivity (Wildman–Crippen MR) is 144 cm³/mol. The Morgan fingerprint density at radius 3 is 2.75 bits per heavy atom. The molecule has 7 heteroatoms. The fourth-order valence-electron chi connectivity index (χ4n) is 4.35. The van der Waals surface area contributed by atoms with E-state index in [1.807, 2.05) is 49.7 Å². The molecule has 0 fully saturated rings. The fraction of sp³-hybridized carbons (Fsp3) is 0.138. The molecule has 0 bridgehead atoms. The van der Waals surface area contributed by atoms with Gasteiger partial charge in [0.1, 0.15) is 11.5 Å². The molecule has 0 aliphatic rings. The molecule has 180 valence electrons. The molecule has 1 aromatic carbocycles. The number of halogens is 1. The molecule has 5 aromatic rings. The largest absolute Gasteiger partial charge is 0.382 e. The Balaban J connectivity index is 1.57. The Hall–Kier alpha value is -4.52. The molecule has 0 aliphatic carbocycles. The monoisotopic (exact) mass is 478 g/mol. The Morgan fingerprint density at radius 2 is 1.97 bits per heavy atom. The third-order valence-electron chi connectivity index (χ3n) is 5.92. The number of rotatable bonds is 7. The van der Waals surface area contributed by atoms with Crippen molar-refractivity contribution in [1.82, 2.24) is 25.1 Å². The summed E-state index contributed by atoms with van der Waals surface area (Å²) in [7, 11) is 0. The zero-order valence-corrected chi connectivity index (χ0v) is 20.4. The van der Waals surface area contributed by atoms with E-state index in [0.29, 0.717) is 6.04 Å². The summed E-state index contributed by atoms with van der Waals surface area (Å²) < 4.78 is 14.0.